The summed E-state index contributed by atoms with van der Waals surface area (Å²) in [4.78, 5) is 0. The number of hydrogen-bond acceptors (Lipinski definition) is 3. The van der Waals surface area contributed by atoms with Crippen LogP contribution >= 0.6 is 0 Å². The van der Waals surface area contributed by atoms with Gasteiger partial charge in [-0.15, -0.1) is 0 Å². The Kier molecular flexibility index (Phi) is 3.58. The first kappa shape index (κ1) is 11.9. The molecule has 0 heterocycles. The number of nitrogens with two attached hydrogens (primary N) is 1. The van der Waals surface area contributed by atoms with E-state index >= 15 is 0 Å². The van der Waals surface area contributed by atoms with Gasteiger partial charge in [0.15, 0.2) is 11.5 Å². The quantitative estimate of drug-likeness (QED) is 0.752. The second-order valence-electron chi connectivity index (χ2n) is 4.15. The molecule has 15 heavy (non-hydrogen) atoms. The van der Waals surface area contributed by atoms with Crippen LogP contribution in [0.5, 0.6) is 11.5 Å². The molecule has 0 aliphatic carbocycles. The third-order valence-electron chi connectivity index (χ3n) is 2.28. The van der Waals surface area contributed by atoms with Crippen molar-refractivity contribution in [1.29, 1.82) is 0 Å². The smallest absolute Gasteiger partial charge is 0.163 e. The highest BCUT2D eigenvalue weighted by Gasteiger charge is 2.11. The molecule has 0 fully saturated rings. The normalized spacial score (nSPS) is 12.9. The molecule has 0 aromatic heterocycles. The van der Waals surface area contributed by atoms with Gasteiger partial charge in [0.25, 0.3) is 0 Å². The first-order valence-electron chi connectivity index (χ1n) is 5.17. The average molecular weight is 209 g/mol. The zero-order valence-corrected chi connectivity index (χ0v) is 9.74. The highest BCUT2D eigenvalue weighted by Crippen LogP contribution is 2.32. The van der Waals surface area contributed by atoms with E-state index in [0.29, 0.717) is 11.7 Å². The molecule has 3 heteroatoms. The summed E-state index contributed by atoms with van der Waals surface area (Å²) in [6.45, 7) is 7.92. The van der Waals surface area contributed by atoms with Gasteiger partial charge in [0.2, 0.25) is 0 Å². The second-order valence-corrected chi connectivity index (χ2v) is 4.15. The highest BCUT2D eigenvalue weighted by molar-refractivity contribution is 5.47. The van der Waals surface area contributed by atoms with Crippen molar-refractivity contribution in [2.45, 2.75) is 39.8 Å². The lowest BCUT2D eigenvalue weighted by atomic mass is 9.97. The lowest BCUT2D eigenvalue weighted by Crippen LogP contribution is -2.22. The lowest BCUT2D eigenvalue weighted by Gasteiger charge is -2.16. The molecule has 0 radical (unpaired) electrons. The molecule has 0 aliphatic rings. The number of aryl methyl sites for hydroxylation is 1. The van der Waals surface area contributed by atoms with Crippen molar-refractivity contribution in [1.82, 2.24) is 0 Å². The van der Waals surface area contributed by atoms with Crippen molar-refractivity contribution < 1.29 is 9.84 Å². The maximum Gasteiger partial charge on any atom is 0.163 e. The Morgan fingerprint density at radius 2 is 1.87 bits per heavy atom. The number of benzene rings is 1. The average Bonchev–Trinajstić information content (AvgIpc) is 2.08. The molecule has 1 rings (SSSR count). The minimum atomic E-state index is -0.418. The van der Waals surface area contributed by atoms with Gasteiger partial charge in [-0.1, -0.05) is 13.8 Å². The van der Waals surface area contributed by atoms with Crippen LogP contribution < -0.4 is 10.5 Å². The predicted molar refractivity (Wildman–Crippen MR) is 61.2 cm³/mol. The fourth-order valence-corrected chi connectivity index (χ4v) is 1.61. The molecule has 0 saturated carbocycles. The number of rotatable bonds is 3. The van der Waals surface area contributed by atoms with E-state index in [0.717, 1.165) is 5.56 Å². The van der Waals surface area contributed by atoms with Crippen LogP contribution in [0.4, 0.5) is 0 Å². The molecule has 0 aliphatic heterocycles. The molecule has 0 spiro atoms. The van der Waals surface area contributed by atoms with Gasteiger partial charge in [0.1, 0.15) is 6.23 Å². The monoisotopic (exact) mass is 209 g/mol. The van der Waals surface area contributed by atoms with Gasteiger partial charge in [-0.05, 0) is 43.0 Å². The number of ether oxygens (including phenoxy) is 1. The van der Waals surface area contributed by atoms with E-state index in [2.05, 4.69) is 13.8 Å². The van der Waals surface area contributed by atoms with Crippen LogP contribution in [-0.4, -0.2) is 11.3 Å². The van der Waals surface area contributed by atoms with Gasteiger partial charge in [-0.3, -0.25) is 5.73 Å². The molecule has 0 amide bonds. The first-order chi connectivity index (χ1) is 6.91. The summed E-state index contributed by atoms with van der Waals surface area (Å²) in [5, 5.41) is 9.67. The summed E-state index contributed by atoms with van der Waals surface area (Å²) in [5.41, 5.74) is 7.76. The van der Waals surface area contributed by atoms with Gasteiger partial charge >= 0.3 is 0 Å². The number of phenolic OH excluding ortho intramolecular Hbond substituents is 1. The predicted octanol–water partition coefficient (Wildman–Crippen LogP) is 2.51. The Morgan fingerprint density at radius 1 is 1.27 bits per heavy atom. The molecular weight excluding hydrogens is 190 g/mol. The fourth-order valence-electron chi connectivity index (χ4n) is 1.61. The van der Waals surface area contributed by atoms with Crippen LogP contribution in [0.2, 0.25) is 0 Å². The Hall–Kier alpha value is -1.22. The van der Waals surface area contributed by atoms with Crippen LogP contribution in [0.3, 0.4) is 0 Å². The van der Waals surface area contributed by atoms with Crippen molar-refractivity contribution in [3.05, 3.63) is 23.3 Å². The van der Waals surface area contributed by atoms with Crippen molar-refractivity contribution in [3.8, 4) is 11.5 Å². The topological polar surface area (TPSA) is 55.5 Å². The van der Waals surface area contributed by atoms with Crippen LogP contribution in [0, 0.1) is 6.92 Å². The lowest BCUT2D eigenvalue weighted by molar-refractivity contribution is 0.220. The highest BCUT2D eigenvalue weighted by atomic mass is 16.5. The Bertz CT molecular complexity index is 346. The third kappa shape index (κ3) is 2.86. The van der Waals surface area contributed by atoms with E-state index in [4.69, 9.17) is 10.5 Å². The van der Waals surface area contributed by atoms with Gasteiger partial charge in [-0.25, -0.2) is 0 Å². The second kappa shape index (κ2) is 4.53. The molecule has 1 unspecified atom stereocenters. The third-order valence-corrected chi connectivity index (χ3v) is 2.28. The van der Waals surface area contributed by atoms with E-state index in [1.165, 1.54) is 5.56 Å². The number of phenols is 1. The van der Waals surface area contributed by atoms with Gasteiger partial charge < -0.3 is 9.84 Å². The largest absolute Gasteiger partial charge is 0.504 e. The summed E-state index contributed by atoms with van der Waals surface area (Å²) in [6, 6.07) is 3.58. The zero-order valence-electron chi connectivity index (χ0n) is 9.74. The Labute approximate surface area is 90.9 Å². The van der Waals surface area contributed by atoms with E-state index in [1.807, 2.05) is 13.0 Å². The summed E-state index contributed by atoms with van der Waals surface area (Å²) >= 11 is 0. The van der Waals surface area contributed by atoms with Crippen LogP contribution in [0.1, 0.15) is 37.8 Å². The van der Waals surface area contributed by atoms with Gasteiger partial charge in [-0.2, -0.15) is 0 Å². The molecule has 3 nitrogen and oxygen atoms in total. The van der Waals surface area contributed by atoms with Crippen LogP contribution in [0.15, 0.2) is 12.1 Å². The van der Waals surface area contributed by atoms with Gasteiger partial charge in [0, 0.05) is 0 Å². The molecular formula is C12H19NO2. The van der Waals surface area contributed by atoms with Crippen LogP contribution in [0.25, 0.3) is 0 Å². The minimum absolute atomic E-state index is 0.147. The SMILES string of the molecule is Cc1cc(O)c(OC(C)N)cc1C(C)C. The molecule has 3 N–H and O–H groups in total. The zero-order chi connectivity index (χ0) is 11.6. The van der Waals surface area contributed by atoms with E-state index in [-0.39, 0.29) is 5.75 Å². The van der Waals surface area contributed by atoms with Gasteiger partial charge in [0.05, 0.1) is 0 Å². The first-order valence-corrected chi connectivity index (χ1v) is 5.17. The van der Waals surface area contributed by atoms with E-state index in [1.54, 1.807) is 13.0 Å². The molecule has 0 saturated heterocycles. The molecule has 1 atom stereocenters. The number of hydrogen-bond donors (Lipinski definition) is 2. The van der Waals surface area contributed by atoms with Crippen molar-refractivity contribution in [3.63, 3.8) is 0 Å². The van der Waals surface area contributed by atoms with Crippen LogP contribution in [-0.2, 0) is 0 Å². The number of aromatic hydroxyl groups is 1. The fraction of sp³-hybridized carbons (Fsp3) is 0.500. The summed E-state index contributed by atoms with van der Waals surface area (Å²) in [5.74, 6) is 1.01. The molecule has 1 aromatic rings. The molecule has 84 valence electrons. The Balaban J connectivity index is 3.11. The van der Waals surface area contributed by atoms with Crippen molar-refractivity contribution >= 4 is 0 Å². The van der Waals surface area contributed by atoms with E-state index in [9.17, 15) is 5.11 Å². The Morgan fingerprint density at radius 3 is 2.33 bits per heavy atom. The molecule has 1 aromatic carbocycles. The molecule has 0 bridgehead atoms. The maximum atomic E-state index is 9.67. The minimum Gasteiger partial charge on any atom is -0.504 e. The summed E-state index contributed by atoms with van der Waals surface area (Å²) < 4.78 is 5.32. The summed E-state index contributed by atoms with van der Waals surface area (Å²) in [7, 11) is 0. The summed E-state index contributed by atoms with van der Waals surface area (Å²) in [6.07, 6.45) is -0.418. The maximum absolute atomic E-state index is 9.67. The van der Waals surface area contributed by atoms with E-state index < -0.39 is 6.23 Å². The standard InChI is InChI=1S/C12H19NO2/c1-7(2)10-6-12(15-9(4)13)11(14)5-8(10)3/h5-7,9,14H,13H2,1-4H3. The van der Waals surface area contributed by atoms with Crippen molar-refractivity contribution in [2.75, 3.05) is 0 Å². The van der Waals surface area contributed by atoms with Crippen molar-refractivity contribution in [2.24, 2.45) is 5.73 Å².